The molecule has 1 heterocycles. The molecule has 0 amide bonds. The second kappa shape index (κ2) is 6.09. The molecular formula is C18H10FNO5. The number of rotatable bonds is 3. The molecule has 7 heteroatoms. The van der Waals surface area contributed by atoms with E-state index in [9.17, 15) is 19.1 Å². The van der Waals surface area contributed by atoms with E-state index >= 15 is 0 Å². The molecule has 0 aliphatic carbocycles. The quantitative estimate of drug-likeness (QED) is 0.576. The molecule has 25 heavy (non-hydrogen) atoms. The van der Waals surface area contributed by atoms with Gasteiger partial charge in [-0.1, -0.05) is 6.07 Å². The number of esters is 1. The van der Waals surface area contributed by atoms with Crippen molar-refractivity contribution in [2.24, 2.45) is 0 Å². The van der Waals surface area contributed by atoms with Crippen molar-refractivity contribution in [2.45, 2.75) is 6.92 Å². The summed E-state index contributed by atoms with van der Waals surface area (Å²) in [5, 5.41) is 18.7. The number of hydrogen-bond acceptors (Lipinski definition) is 5. The fraction of sp³-hybridized carbons (Fsp3) is 0.0556. The Kier molecular flexibility index (Phi) is 3.95. The first-order chi connectivity index (χ1) is 11.9. The summed E-state index contributed by atoms with van der Waals surface area (Å²) in [5.41, 5.74) is 1.08. The number of furan rings is 1. The Bertz CT molecular complexity index is 1060. The molecule has 0 atom stereocenters. The van der Waals surface area contributed by atoms with Crippen molar-refractivity contribution < 1.29 is 28.2 Å². The first-order valence-electron chi connectivity index (χ1n) is 7.08. The van der Waals surface area contributed by atoms with E-state index in [1.54, 1.807) is 0 Å². The van der Waals surface area contributed by atoms with Crippen molar-refractivity contribution in [1.82, 2.24) is 0 Å². The highest BCUT2D eigenvalue weighted by Crippen LogP contribution is 2.35. The Morgan fingerprint density at radius 2 is 2.00 bits per heavy atom. The number of hydrogen-bond donors (Lipinski definition) is 1. The van der Waals surface area contributed by atoms with Gasteiger partial charge in [-0.2, -0.15) is 9.65 Å². The third kappa shape index (κ3) is 3.05. The van der Waals surface area contributed by atoms with E-state index in [1.807, 2.05) is 6.07 Å². The first-order valence-corrected chi connectivity index (χ1v) is 7.08. The summed E-state index contributed by atoms with van der Waals surface area (Å²) < 4.78 is 23.5. The molecule has 3 rings (SSSR count). The number of carboxylic acids is 1. The zero-order valence-electron chi connectivity index (χ0n) is 12.9. The van der Waals surface area contributed by atoms with Gasteiger partial charge in [0.05, 0.1) is 11.6 Å². The molecule has 0 fully saturated rings. The minimum absolute atomic E-state index is 0.153. The molecule has 0 spiro atoms. The smallest absolute Gasteiger partial charge is 0.339 e. The van der Waals surface area contributed by atoms with Crippen LogP contribution in [-0.2, 0) is 4.79 Å². The maximum absolute atomic E-state index is 13.5. The lowest BCUT2D eigenvalue weighted by Crippen LogP contribution is -2.07. The molecule has 0 radical (unpaired) electrons. The van der Waals surface area contributed by atoms with Crippen LogP contribution in [0.25, 0.3) is 22.1 Å². The molecule has 6 nitrogen and oxygen atoms in total. The molecule has 1 N–H and O–H groups in total. The van der Waals surface area contributed by atoms with Crippen LogP contribution in [0.15, 0.2) is 40.8 Å². The maximum atomic E-state index is 13.5. The fourth-order valence-electron chi connectivity index (χ4n) is 2.51. The Balaban J connectivity index is 2.26. The monoisotopic (exact) mass is 339 g/mol. The van der Waals surface area contributed by atoms with Crippen LogP contribution in [0, 0.1) is 17.3 Å². The van der Waals surface area contributed by atoms with Gasteiger partial charge in [-0.05, 0) is 29.8 Å². The van der Waals surface area contributed by atoms with Crippen LogP contribution in [0.2, 0.25) is 0 Å². The molecular weight excluding hydrogens is 329 g/mol. The second-order valence-electron chi connectivity index (χ2n) is 5.21. The van der Waals surface area contributed by atoms with E-state index in [2.05, 4.69) is 0 Å². The topological polar surface area (TPSA) is 101 Å². The third-order valence-electron chi connectivity index (χ3n) is 3.49. The van der Waals surface area contributed by atoms with E-state index < -0.39 is 18.0 Å². The number of carboxylic acid groups (broad SMARTS) is 1. The summed E-state index contributed by atoms with van der Waals surface area (Å²) in [5.74, 6) is -2.09. The van der Waals surface area contributed by atoms with Crippen LogP contribution < -0.4 is 4.74 Å². The van der Waals surface area contributed by atoms with Crippen LogP contribution in [0.1, 0.15) is 22.8 Å². The number of ether oxygens (including phenoxy) is 1. The third-order valence-corrected chi connectivity index (χ3v) is 3.49. The average Bonchev–Trinajstić information content (AvgIpc) is 2.92. The predicted molar refractivity (Wildman–Crippen MR) is 84.6 cm³/mol. The number of fused-ring (bicyclic) bond motifs is 1. The molecule has 3 aromatic rings. The van der Waals surface area contributed by atoms with Crippen LogP contribution in [0.5, 0.6) is 5.75 Å². The number of halogens is 1. The molecule has 1 aromatic heterocycles. The van der Waals surface area contributed by atoms with Gasteiger partial charge in [0.2, 0.25) is 0 Å². The van der Waals surface area contributed by atoms with Crippen LogP contribution >= 0.6 is 0 Å². The van der Waals surface area contributed by atoms with Crippen molar-refractivity contribution >= 4 is 22.9 Å². The maximum Gasteiger partial charge on any atom is 0.339 e. The van der Waals surface area contributed by atoms with Gasteiger partial charge in [0.15, 0.2) is 0 Å². The summed E-state index contributed by atoms with van der Waals surface area (Å²) in [6, 6.07) is 9.34. The molecule has 0 saturated heterocycles. The van der Waals surface area contributed by atoms with Gasteiger partial charge in [-0.25, -0.2) is 4.79 Å². The van der Waals surface area contributed by atoms with Gasteiger partial charge in [-0.3, -0.25) is 4.79 Å². The Hall–Kier alpha value is -3.66. The van der Waals surface area contributed by atoms with Gasteiger partial charge in [0.1, 0.15) is 16.9 Å². The number of nitrogens with zero attached hydrogens (tertiary/aromatic N) is 1. The van der Waals surface area contributed by atoms with E-state index in [4.69, 9.17) is 14.4 Å². The Morgan fingerprint density at radius 1 is 1.24 bits per heavy atom. The van der Waals surface area contributed by atoms with Gasteiger partial charge < -0.3 is 14.3 Å². The largest absolute Gasteiger partial charge is 0.478 e. The zero-order valence-corrected chi connectivity index (χ0v) is 12.9. The first kappa shape index (κ1) is 16.2. The lowest BCUT2D eigenvalue weighted by Gasteiger charge is -2.09. The SMILES string of the molecule is CC(=O)Oc1cc(-c2cc(C#N)cc3cc(F)oc23)ccc1C(=O)O. The zero-order chi connectivity index (χ0) is 18.1. The molecule has 0 aliphatic rings. The van der Waals surface area contributed by atoms with E-state index in [0.717, 1.165) is 13.0 Å². The minimum atomic E-state index is -1.26. The predicted octanol–water partition coefficient (Wildman–Crippen LogP) is 3.73. The van der Waals surface area contributed by atoms with Crippen molar-refractivity contribution in [3.8, 4) is 22.9 Å². The van der Waals surface area contributed by atoms with E-state index in [1.165, 1.54) is 30.3 Å². The number of benzene rings is 2. The lowest BCUT2D eigenvalue weighted by molar-refractivity contribution is -0.131. The Labute approximate surface area is 140 Å². The second-order valence-corrected chi connectivity index (χ2v) is 5.21. The average molecular weight is 339 g/mol. The summed E-state index contributed by atoms with van der Waals surface area (Å²) in [4.78, 5) is 22.5. The molecule has 0 bridgehead atoms. The van der Waals surface area contributed by atoms with Gasteiger partial charge in [-0.15, -0.1) is 0 Å². The van der Waals surface area contributed by atoms with Gasteiger partial charge >= 0.3 is 11.9 Å². The van der Waals surface area contributed by atoms with Crippen LogP contribution in [0.3, 0.4) is 0 Å². The molecule has 0 saturated carbocycles. The summed E-state index contributed by atoms with van der Waals surface area (Å²) in [7, 11) is 0. The Morgan fingerprint density at radius 3 is 2.64 bits per heavy atom. The van der Waals surface area contributed by atoms with E-state index in [-0.39, 0.29) is 22.5 Å². The van der Waals surface area contributed by atoms with Crippen molar-refractivity contribution in [1.29, 1.82) is 5.26 Å². The van der Waals surface area contributed by atoms with Gasteiger partial charge in [0, 0.05) is 23.9 Å². The summed E-state index contributed by atoms with van der Waals surface area (Å²) in [6.45, 7) is 1.15. The molecule has 0 unspecified atom stereocenters. The minimum Gasteiger partial charge on any atom is -0.478 e. The van der Waals surface area contributed by atoms with Crippen molar-refractivity contribution in [3.63, 3.8) is 0 Å². The van der Waals surface area contributed by atoms with Gasteiger partial charge in [0.25, 0.3) is 6.01 Å². The van der Waals surface area contributed by atoms with Crippen LogP contribution in [-0.4, -0.2) is 17.0 Å². The van der Waals surface area contributed by atoms with Crippen molar-refractivity contribution in [3.05, 3.63) is 53.5 Å². The van der Waals surface area contributed by atoms with Crippen molar-refractivity contribution in [2.75, 3.05) is 0 Å². The van der Waals surface area contributed by atoms with E-state index in [0.29, 0.717) is 16.5 Å². The highest BCUT2D eigenvalue weighted by atomic mass is 19.1. The number of nitriles is 1. The fourth-order valence-corrected chi connectivity index (χ4v) is 2.51. The lowest BCUT2D eigenvalue weighted by atomic mass is 9.99. The standard InChI is InChI=1S/C18H10FNO5/c1-9(21)24-15-6-11(2-3-13(15)18(22)23)14-5-10(8-20)4-12-7-16(19)25-17(12)14/h2-7H,1H3,(H,22,23). The van der Waals surface area contributed by atoms with Crippen LogP contribution in [0.4, 0.5) is 4.39 Å². The molecule has 0 aliphatic heterocycles. The molecule has 2 aromatic carbocycles. The molecule has 124 valence electrons. The highest BCUT2D eigenvalue weighted by Gasteiger charge is 2.17. The summed E-state index contributed by atoms with van der Waals surface area (Å²) >= 11 is 0. The number of carbonyl (C=O) groups is 2. The highest BCUT2D eigenvalue weighted by molar-refractivity contribution is 5.97. The number of carbonyl (C=O) groups excluding carboxylic acids is 1. The summed E-state index contributed by atoms with van der Waals surface area (Å²) in [6.07, 6.45) is 0. The number of aromatic carboxylic acids is 1. The normalized spacial score (nSPS) is 10.4.